The zero-order valence-corrected chi connectivity index (χ0v) is 21.4. The standard InChI is InChI=1S/C28H27BrN2O4/c1-33-19-10-8-16(9-11-19)17-13-23-26(24(32)14-17)27(31-22-7-5-4-6-21(22)30-23)18-12-20(29)28(35-3)25(15-18)34-2/h4-12,15,17,27,30-31H,13-14H2,1-3H3/t17-,27-/m0/s1. The van der Waals surface area contributed by atoms with E-state index in [1.54, 1.807) is 21.3 Å². The molecule has 5 rings (SSSR count). The van der Waals surface area contributed by atoms with Crippen LogP contribution in [0, 0.1) is 0 Å². The number of rotatable bonds is 5. The highest BCUT2D eigenvalue weighted by molar-refractivity contribution is 9.10. The van der Waals surface area contributed by atoms with Gasteiger partial charge in [-0.3, -0.25) is 4.79 Å². The Morgan fingerprint density at radius 3 is 2.29 bits per heavy atom. The second kappa shape index (κ2) is 9.66. The molecule has 7 heteroatoms. The maximum Gasteiger partial charge on any atom is 0.174 e. The Kier molecular flexibility index (Phi) is 6.43. The number of hydrogen-bond acceptors (Lipinski definition) is 6. The molecule has 0 fully saturated rings. The number of Topliss-reactive ketones (excluding diaryl/α,β-unsaturated/α-hetero) is 1. The Hall–Kier alpha value is -3.45. The number of carbonyl (C=O) groups is 1. The topological polar surface area (TPSA) is 68.8 Å². The van der Waals surface area contributed by atoms with Crippen molar-refractivity contribution in [1.82, 2.24) is 0 Å². The Balaban J connectivity index is 1.61. The number of hydrogen-bond donors (Lipinski definition) is 2. The predicted molar refractivity (Wildman–Crippen MR) is 141 cm³/mol. The van der Waals surface area contributed by atoms with E-state index in [-0.39, 0.29) is 17.7 Å². The molecular formula is C28H27BrN2O4. The zero-order chi connectivity index (χ0) is 24.5. The van der Waals surface area contributed by atoms with Gasteiger partial charge in [-0.05, 0) is 75.8 Å². The number of ether oxygens (including phenoxy) is 3. The van der Waals surface area contributed by atoms with E-state index < -0.39 is 0 Å². The van der Waals surface area contributed by atoms with Gasteiger partial charge in [0.1, 0.15) is 5.75 Å². The van der Waals surface area contributed by atoms with E-state index >= 15 is 0 Å². The number of benzene rings is 3. The fourth-order valence-corrected chi connectivity index (χ4v) is 5.58. The summed E-state index contributed by atoms with van der Waals surface area (Å²) < 4.78 is 17.2. The lowest BCUT2D eigenvalue weighted by Crippen LogP contribution is -2.27. The van der Waals surface area contributed by atoms with Gasteiger partial charge in [0.15, 0.2) is 17.3 Å². The SMILES string of the molecule is COc1ccc([C@@H]2CC(=O)C3=C(C2)Nc2ccccc2N[C@H]3c2cc(Br)c(OC)c(OC)c2)cc1. The number of methoxy groups -OCH3 is 3. The van der Waals surface area contributed by atoms with Crippen LogP contribution in [0.2, 0.25) is 0 Å². The first-order valence-electron chi connectivity index (χ1n) is 11.5. The summed E-state index contributed by atoms with van der Waals surface area (Å²) in [4.78, 5) is 13.8. The van der Waals surface area contributed by atoms with Crippen molar-refractivity contribution < 1.29 is 19.0 Å². The van der Waals surface area contributed by atoms with E-state index in [4.69, 9.17) is 14.2 Å². The minimum absolute atomic E-state index is 0.0858. The van der Waals surface area contributed by atoms with E-state index in [1.165, 1.54) is 0 Å². The number of carbonyl (C=O) groups excluding carboxylic acids is 1. The normalized spacial score (nSPS) is 19.0. The number of fused-ring (bicyclic) bond motifs is 1. The molecule has 3 aromatic rings. The van der Waals surface area contributed by atoms with Crippen LogP contribution in [0.4, 0.5) is 11.4 Å². The summed E-state index contributed by atoms with van der Waals surface area (Å²) in [5, 5.41) is 7.20. The number of ketones is 1. The number of halogens is 1. The molecule has 0 saturated carbocycles. The summed E-state index contributed by atoms with van der Waals surface area (Å²) >= 11 is 3.61. The second-order valence-electron chi connectivity index (χ2n) is 8.68. The van der Waals surface area contributed by atoms with Gasteiger partial charge < -0.3 is 24.8 Å². The molecule has 0 bridgehead atoms. The van der Waals surface area contributed by atoms with Gasteiger partial charge in [0, 0.05) is 17.7 Å². The van der Waals surface area contributed by atoms with Gasteiger partial charge in [-0.25, -0.2) is 0 Å². The second-order valence-corrected chi connectivity index (χ2v) is 9.53. The highest BCUT2D eigenvalue weighted by atomic mass is 79.9. The van der Waals surface area contributed by atoms with Crippen LogP contribution < -0.4 is 24.8 Å². The molecule has 0 radical (unpaired) electrons. The molecule has 2 aliphatic rings. The van der Waals surface area contributed by atoms with Gasteiger partial charge in [-0.15, -0.1) is 0 Å². The van der Waals surface area contributed by atoms with Crippen molar-refractivity contribution in [3.05, 3.63) is 87.5 Å². The molecule has 0 amide bonds. The number of para-hydroxylation sites is 2. The van der Waals surface area contributed by atoms with Crippen LogP contribution in [0.1, 0.15) is 35.9 Å². The molecule has 0 aromatic heterocycles. The van der Waals surface area contributed by atoms with Gasteiger partial charge >= 0.3 is 0 Å². The third-order valence-corrected chi connectivity index (χ3v) is 7.27. The van der Waals surface area contributed by atoms with Crippen LogP contribution >= 0.6 is 15.9 Å². The van der Waals surface area contributed by atoms with E-state index in [0.717, 1.165) is 50.4 Å². The number of allylic oxidation sites excluding steroid dienone is 1. The Morgan fingerprint density at radius 2 is 1.60 bits per heavy atom. The zero-order valence-electron chi connectivity index (χ0n) is 19.9. The number of nitrogens with one attached hydrogen (secondary N) is 2. The fraction of sp³-hybridized carbons (Fsp3) is 0.250. The Bertz CT molecular complexity index is 1300. The van der Waals surface area contributed by atoms with Gasteiger partial charge in [-0.2, -0.15) is 0 Å². The summed E-state index contributed by atoms with van der Waals surface area (Å²) in [5.41, 5.74) is 5.62. The maximum atomic E-state index is 13.8. The molecule has 1 aliphatic heterocycles. The van der Waals surface area contributed by atoms with Crippen molar-refractivity contribution in [3.63, 3.8) is 0 Å². The van der Waals surface area contributed by atoms with E-state index in [2.05, 4.69) is 26.6 Å². The van der Waals surface area contributed by atoms with E-state index in [9.17, 15) is 4.79 Å². The summed E-state index contributed by atoms with van der Waals surface area (Å²) in [5.74, 6) is 2.23. The quantitative estimate of drug-likeness (QED) is 0.391. The van der Waals surface area contributed by atoms with Crippen LogP contribution in [0.15, 0.2) is 76.4 Å². The number of anilines is 2. The highest BCUT2D eigenvalue weighted by Gasteiger charge is 2.36. The minimum Gasteiger partial charge on any atom is -0.497 e. The van der Waals surface area contributed by atoms with Crippen molar-refractivity contribution >= 4 is 33.1 Å². The molecule has 180 valence electrons. The van der Waals surface area contributed by atoms with Crippen LogP contribution in [0.3, 0.4) is 0 Å². The van der Waals surface area contributed by atoms with Crippen molar-refractivity contribution in [1.29, 1.82) is 0 Å². The van der Waals surface area contributed by atoms with Crippen molar-refractivity contribution in [2.24, 2.45) is 0 Å². The molecular weight excluding hydrogens is 508 g/mol. The van der Waals surface area contributed by atoms with Crippen LogP contribution in [0.5, 0.6) is 17.2 Å². The van der Waals surface area contributed by atoms with Gasteiger partial charge in [-0.1, -0.05) is 24.3 Å². The summed E-state index contributed by atoms with van der Waals surface area (Å²) in [6, 6.07) is 19.6. The molecule has 1 aliphatic carbocycles. The van der Waals surface area contributed by atoms with Gasteiger partial charge in [0.25, 0.3) is 0 Å². The van der Waals surface area contributed by atoms with Gasteiger partial charge in [0.05, 0.1) is 43.2 Å². The third-order valence-electron chi connectivity index (χ3n) is 6.69. The summed E-state index contributed by atoms with van der Waals surface area (Å²) in [7, 11) is 4.88. The average Bonchev–Trinajstić information content (AvgIpc) is 3.05. The van der Waals surface area contributed by atoms with E-state index in [1.807, 2.05) is 60.7 Å². The molecule has 2 atom stereocenters. The first-order chi connectivity index (χ1) is 17.0. The molecule has 2 N–H and O–H groups in total. The summed E-state index contributed by atoms with van der Waals surface area (Å²) in [6.45, 7) is 0. The molecule has 1 heterocycles. The molecule has 35 heavy (non-hydrogen) atoms. The van der Waals surface area contributed by atoms with Crippen molar-refractivity contribution in [2.45, 2.75) is 24.8 Å². The summed E-state index contributed by atoms with van der Waals surface area (Å²) in [6.07, 6.45) is 1.17. The molecule has 3 aromatic carbocycles. The Labute approximate surface area is 213 Å². The first-order valence-corrected chi connectivity index (χ1v) is 12.3. The van der Waals surface area contributed by atoms with Crippen LogP contribution in [0.25, 0.3) is 0 Å². The maximum absolute atomic E-state index is 13.8. The predicted octanol–water partition coefficient (Wildman–Crippen LogP) is 6.45. The lowest BCUT2D eigenvalue weighted by Gasteiger charge is -2.30. The molecule has 0 saturated heterocycles. The monoisotopic (exact) mass is 534 g/mol. The minimum atomic E-state index is -0.346. The molecule has 0 unspecified atom stereocenters. The molecule has 6 nitrogen and oxygen atoms in total. The third kappa shape index (κ3) is 4.36. The molecule has 0 spiro atoms. The smallest absolute Gasteiger partial charge is 0.174 e. The average molecular weight is 535 g/mol. The Morgan fingerprint density at radius 1 is 0.857 bits per heavy atom. The fourth-order valence-electron chi connectivity index (χ4n) is 4.96. The van der Waals surface area contributed by atoms with Crippen molar-refractivity contribution in [2.75, 3.05) is 32.0 Å². The van der Waals surface area contributed by atoms with Crippen LogP contribution in [-0.4, -0.2) is 27.1 Å². The lowest BCUT2D eigenvalue weighted by atomic mass is 9.78. The van der Waals surface area contributed by atoms with E-state index in [0.29, 0.717) is 17.9 Å². The van der Waals surface area contributed by atoms with Crippen LogP contribution in [-0.2, 0) is 4.79 Å². The lowest BCUT2D eigenvalue weighted by molar-refractivity contribution is -0.116. The van der Waals surface area contributed by atoms with Gasteiger partial charge in [0.2, 0.25) is 0 Å². The first kappa shape index (κ1) is 23.3. The largest absolute Gasteiger partial charge is 0.497 e. The highest BCUT2D eigenvalue weighted by Crippen LogP contribution is 2.46. The van der Waals surface area contributed by atoms with Crippen molar-refractivity contribution in [3.8, 4) is 17.2 Å².